The van der Waals surface area contributed by atoms with Gasteiger partial charge < -0.3 is 14.5 Å². The molecule has 1 atom stereocenters. The van der Waals surface area contributed by atoms with Crippen molar-refractivity contribution in [2.75, 3.05) is 12.4 Å². The summed E-state index contributed by atoms with van der Waals surface area (Å²) in [5, 5.41) is 10.4. The third-order valence-corrected chi connectivity index (χ3v) is 3.92. The number of nitrogens with zero attached hydrogens (tertiary/aromatic N) is 2. The number of aromatic nitrogens is 2. The molecular formula is C18H17N3O3. The highest BCUT2D eigenvalue weighted by molar-refractivity contribution is 5.97. The van der Waals surface area contributed by atoms with E-state index >= 15 is 0 Å². The second-order valence-corrected chi connectivity index (χ2v) is 5.38. The van der Waals surface area contributed by atoms with Gasteiger partial charge in [0.15, 0.2) is 5.60 Å². The molecule has 6 heteroatoms. The molecule has 1 heterocycles. The number of hydrogen-bond acceptors (Lipinski definition) is 5. The van der Waals surface area contributed by atoms with E-state index in [0.29, 0.717) is 11.6 Å². The molecule has 1 amide bonds. The number of benzene rings is 2. The first-order chi connectivity index (χ1) is 11.6. The van der Waals surface area contributed by atoms with Gasteiger partial charge in [-0.25, -0.2) is 0 Å². The average Bonchev–Trinajstić information content (AvgIpc) is 3.17. The topological polar surface area (TPSA) is 77.2 Å². The fourth-order valence-corrected chi connectivity index (χ4v) is 2.34. The van der Waals surface area contributed by atoms with Crippen LogP contribution in [-0.2, 0) is 15.1 Å². The van der Waals surface area contributed by atoms with Crippen LogP contribution in [0.15, 0.2) is 65.4 Å². The number of anilines is 1. The van der Waals surface area contributed by atoms with Crippen molar-refractivity contribution in [1.29, 1.82) is 0 Å². The third-order valence-electron chi connectivity index (χ3n) is 3.92. The van der Waals surface area contributed by atoms with E-state index in [4.69, 9.17) is 9.15 Å². The summed E-state index contributed by atoms with van der Waals surface area (Å²) in [4.78, 5) is 12.7. The van der Waals surface area contributed by atoms with Gasteiger partial charge in [-0.15, -0.1) is 10.2 Å². The fraction of sp³-hybridized carbons (Fsp3) is 0.167. The number of ether oxygens (including phenoxy) is 1. The Bertz CT molecular complexity index is 801. The average molecular weight is 323 g/mol. The summed E-state index contributed by atoms with van der Waals surface area (Å²) in [5.74, 6) is 0.181. The monoisotopic (exact) mass is 323 g/mol. The quantitative estimate of drug-likeness (QED) is 0.780. The second-order valence-electron chi connectivity index (χ2n) is 5.38. The zero-order chi connectivity index (χ0) is 17.0. The number of rotatable bonds is 5. The largest absolute Gasteiger partial charge is 0.423 e. The molecule has 2 aromatic carbocycles. The van der Waals surface area contributed by atoms with Crippen LogP contribution in [0.4, 0.5) is 5.69 Å². The van der Waals surface area contributed by atoms with Crippen LogP contribution in [0.3, 0.4) is 0 Å². The van der Waals surface area contributed by atoms with E-state index in [1.807, 2.05) is 30.3 Å². The van der Waals surface area contributed by atoms with Crippen LogP contribution >= 0.6 is 0 Å². The molecule has 0 saturated heterocycles. The minimum atomic E-state index is -1.08. The Balaban J connectivity index is 1.78. The van der Waals surface area contributed by atoms with Gasteiger partial charge in [0.1, 0.15) is 0 Å². The van der Waals surface area contributed by atoms with Crippen molar-refractivity contribution in [3.05, 3.63) is 66.6 Å². The van der Waals surface area contributed by atoms with Crippen LogP contribution in [-0.4, -0.2) is 23.2 Å². The molecule has 3 aromatic rings. The standard InChI is InChI=1S/C18H17N3O3/c1-18(23-2,14-6-4-3-5-7-14)17(22)20-15-10-8-13(9-11-15)16-21-19-12-24-16/h3-12H,1-2H3,(H,20,22)/t18-/m1/s1. The molecule has 3 rings (SSSR count). The molecule has 122 valence electrons. The zero-order valence-electron chi connectivity index (χ0n) is 13.4. The van der Waals surface area contributed by atoms with Crippen LogP contribution < -0.4 is 5.32 Å². The van der Waals surface area contributed by atoms with Crippen LogP contribution in [0, 0.1) is 0 Å². The van der Waals surface area contributed by atoms with E-state index < -0.39 is 5.60 Å². The van der Waals surface area contributed by atoms with Crippen molar-refractivity contribution in [2.45, 2.75) is 12.5 Å². The Morgan fingerprint density at radius 2 is 1.83 bits per heavy atom. The molecular weight excluding hydrogens is 306 g/mol. The van der Waals surface area contributed by atoms with Gasteiger partial charge in [0, 0.05) is 18.4 Å². The van der Waals surface area contributed by atoms with E-state index in [2.05, 4.69) is 15.5 Å². The number of carbonyl (C=O) groups is 1. The first-order valence-corrected chi connectivity index (χ1v) is 7.42. The molecule has 0 radical (unpaired) electrons. The van der Waals surface area contributed by atoms with Crippen LogP contribution in [0.5, 0.6) is 0 Å². The molecule has 1 aromatic heterocycles. The molecule has 0 aliphatic rings. The van der Waals surface area contributed by atoms with E-state index in [-0.39, 0.29) is 5.91 Å². The highest BCUT2D eigenvalue weighted by Crippen LogP contribution is 2.27. The first kappa shape index (κ1) is 15.9. The Morgan fingerprint density at radius 3 is 2.42 bits per heavy atom. The predicted molar refractivity (Wildman–Crippen MR) is 89.2 cm³/mol. The van der Waals surface area contributed by atoms with E-state index in [1.54, 1.807) is 31.2 Å². The zero-order valence-corrected chi connectivity index (χ0v) is 13.4. The minimum Gasteiger partial charge on any atom is -0.423 e. The van der Waals surface area contributed by atoms with Gasteiger partial charge in [-0.05, 0) is 36.8 Å². The van der Waals surface area contributed by atoms with Crippen LogP contribution in [0.25, 0.3) is 11.5 Å². The minimum absolute atomic E-state index is 0.248. The smallest absolute Gasteiger partial charge is 0.260 e. The van der Waals surface area contributed by atoms with Gasteiger partial charge in [-0.1, -0.05) is 30.3 Å². The maximum Gasteiger partial charge on any atom is 0.260 e. The molecule has 0 aliphatic heterocycles. The maximum absolute atomic E-state index is 12.7. The first-order valence-electron chi connectivity index (χ1n) is 7.42. The SMILES string of the molecule is CO[C@@](C)(C(=O)Nc1ccc(-c2nnco2)cc1)c1ccccc1. The molecule has 0 saturated carbocycles. The van der Waals surface area contributed by atoms with Crippen LogP contribution in [0.1, 0.15) is 12.5 Å². The highest BCUT2D eigenvalue weighted by atomic mass is 16.5. The molecule has 0 unspecified atom stereocenters. The van der Waals surface area contributed by atoms with E-state index in [0.717, 1.165) is 11.1 Å². The molecule has 0 spiro atoms. The van der Waals surface area contributed by atoms with Gasteiger partial charge in [0.2, 0.25) is 12.3 Å². The summed E-state index contributed by atoms with van der Waals surface area (Å²) in [5.41, 5.74) is 1.14. The normalized spacial score (nSPS) is 13.2. The van der Waals surface area contributed by atoms with Crippen molar-refractivity contribution >= 4 is 11.6 Å². The summed E-state index contributed by atoms with van der Waals surface area (Å²) in [6, 6.07) is 16.5. The summed E-state index contributed by atoms with van der Waals surface area (Å²) in [6.45, 7) is 1.74. The summed E-state index contributed by atoms with van der Waals surface area (Å²) in [7, 11) is 1.52. The molecule has 0 bridgehead atoms. The predicted octanol–water partition coefficient (Wildman–Crippen LogP) is 3.24. The Labute approximate surface area is 139 Å². The lowest BCUT2D eigenvalue weighted by molar-refractivity contribution is -0.136. The lowest BCUT2D eigenvalue weighted by Gasteiger charge is -2.27. The Kier molecular flexibility index (Phi) is 4.39. The lowest BCUT2D eigenvalue weighted by atomic mass is 9.94. The van der Waals surface area contributed by atoms with Crippen molar-refractivity contribution in [1.82, 2.24) is 10.2 Å². The van der Waals surface area contributed by atoms with Gasteiger partial charge in [0.05, 0.1) is 0 Å². The number of carbonyl (C=O) groups excluding carboxylic acids is 1. The molecule has 0 aliphatic carbocycles. The van der Waals surface area contributed by atoms with Crippen molar-refractivity contribution < 1.29 is 13.9 Å². The molecule has 24 heavy (non-hydrogen) atoms. The van der Waals surface area contributed by atoms with Gasteiger partial charge >= 0.3 is 0 Å². The van der Waals surface area contributed by atoms with Crippen molar-refractivity contribution in [3.8, 4) is 11.5 Å². The van der Waals surface area contributed by atoms with E-state index in [1.165, 1.54) is 13.5 Å². The van der Waals surface area contributed by atoms with Gasteiger partial charge in [-0.3, -0.25) is 4.79 Å². The number of hydrogen-bond donors (Lipinski definition) is 1. The third kappa shape index (κ3) is 3.04. The fourth-order valence-electron chi connectivity index (χ4n) is 2.34. The van der Waals surface area contributed by atoms with Crippen LogP contribution in [0.2, 0.25) is 0 Å². The van der Waals surface area contributed by atoms with Crippen molar-refractivity contribution in [2.24, 2.45) is 0 Å². The Hall–Kier alpha value is -2.99. The highest BCUT2D eigenvalue weighted by Gasteiger charge is 2.35. The molecule has 0 fully saturated rings. The number of amides is 1. The number of methoxy groups -OCH3 is 1. The molecule has 1 N–H and O–H groups in total. The lowest BCUT2D eigenvalue weighted by Crippen LogP contribution is -2.39. The van der Waals surface area contributed by atoms with Gasteiger partial charge in [0.25, 0.3) is 5.91 Å². The van der Waals surface area contributed by atoms with Gasteiger partial charge in [-0.2, -0.15) is 0 Å². The second kappa shape index (κ2) is 6.64. The van der Waals surface area contributed by atoms with E-state index in [9.17, 15) is 4.79 Å². The molecule has 6 nitrogen and oxygen atoms in total. The number of nitrogens with one attached hydrogen (secondary N) is 1. The summed E-state index contributed by atoms with van der Waals surface area (Å²) >= 11 is 0. The summed E-state index contributed by atoms with van der Waals surface area (Å²) < 4.78 is 10.6. The van der Waals surface area contributed by atoms with Crippen molar-refractivity contribution in [3.63, 3.8) is 0 Å². The maximum atomic E-state index is 12.7. The summed E-state index contributed by atoms with van der Waals surface area (Å²) in [6.07, 6.45) is 1.27. The Morgan fingerprint density at radius 1 is 1.12 bits per heavy atom.